The first-order valence-electron chi connectivity index (χ1n) is 10.3. The average molecular weight is 550 g/mol. The van der Waals surface area contributed by atoms with Gasteiger partial charge in [0.05, 0.1) is 31.9 Å². The average Bonchev–Trinajstić information content (AvgIpc) is 3.11. The zero-order valence-corrected chi connectivity index (χ0v) is 20.7. The van der Waals surface area contributed by atoms with Crippen LogP contribution < -0.4 is 5.32 Å². The molecule has 32 heavy (non-hydrogen) atoms. The summed E-state index contributed by atoms with van der Waals surface area (Å²) in [7, 11) is 0. The van der Waals surface area contributed by atoms with Gasteiger partial charge in [-0.3, -0.25) is 10.1 Å². The van der Waals surface area contributed by atoms with E-state index in [-0.39, 0.29) is 39.1 Å². The van der Waals surface area contributed by atoms with E-state index >= 15 is 0 Å². The summed E-state index contributed by atoms with van der Waals surface area (Å²) in [5, 5.41) is 15.8. The predicted octanol–water partition coefficient (Wildman–Crippen LogP) is 8.05. The number of nitrogens with zero attached hydrogens (tertiary/aromatic N) is 1. The van der Waals surface area contributed by atoms with Gasteiger partial charge in [0.25, 0.3) is 5.69 Å². The monoisotopic (exact) mass is 548 g/mol. The molecule has 1 aliphatic heterocycles. The number of thioether (sulfide) groups is 1. The molecule has 0 radical (unpaired) electrons. The minimum atomic E-state index is -0.325. The molecular formula is C24H19BrCl2N2O2S. The summed E-state index contributed by atoms with van der Waals surface area (Å²) in [6.07, 6.45) is 0.842. The Morgan fingerprint density at radius 1 is 1.06 bits per heavy atom. The number of nitro benzene ring substituents is 1. The van der Waals surface area contributed by atoms with Crippen LogP contribution >= 0.6 is 50.9 Å². The first kappa shape index (κ1) is 22.1. The topological polar surface area (TPSA) is 55.2 Å². The number of benzene rings is 3. The minimum absolute atomic E-state index is 0.0393. The summed E-state index contributed by atoms with van der Waals surface area (Å²) in [5.74, 6) is 0.338. The molecule has 0 amide bonds. The maximum absolute atomic E-state index is 11.5. The number of fused-ring (bicyclic) bond motifs is 3. The van der Waals surface area contributed by atoms with Gasteiger partial charge in [-0.1, -0.05) is 63.9 Å². The van der Waals surface area contributed by atoms with Gasteiger partial charge in [-0.2, -0.15) is 0 Å². The third-order valence-electron chi connectivity index (χ3n) is 6.37. The number of nitrogens with one attached hydrogen (secondary N) is 1. The number of hydrogen-bond donors (Lipinski definition) is 1. The highest BCUT2D eigenvalue weighted by molar-refractivity contribution is 9.10. The van der Waals surface area contributed by atoms with Gasteiger partial charge in [-0.15, -0.1) is 23.4 Å². The maximum Gasteiger partial charge on any atom is 0.282 e. The third kappa shape index (κ3) is 3.92. The van der Waals surface area contributed by atoms with Crippen LogP contribution in [-0.2, 0) is 0 Å². The lowest BCUT2D eigenvalue weighted by Gasteiger charge is -2.38. The van der Waals surface area contributed by atoms with Crippen molar-refractivity contribution in [1.29, 1.82) is 0 Å². The SMILES string of the molecule is O=[N+]([O-])c1ccccc1S[C@@H]1C[C@H]2[C@@H](c3cccc(Cl)c3N[C@H]2c2ccc(Br)cc2)[C@@H]1Cl. The molecule has 3 aromatic carbocycles. The van der Waals surface area contributed by atoms with E-state index in [1.54, 1.807) is 12.1 Å². The number of hydrogen-bond acceptors (Lipinski definition) is 4. The van der Waals surface area contributed by atoms with Crippen molar-refractivity contribution in [2.24, 2.45) is 5.92 Å². The lowest BCUT2D eigenvalue weighted by Crippen LogP contribution is -2.31. The summed E-state index contributed by atoms with van der Waals surface area (Å²) in [4.78, 5) is 11.9. The van der Waals surface area contributed by atoms with Gasteiger partial charge in [0, 0.05) is 21.7 Å². The molecule has 5 rings (SSSR count). The first-order valence-corrected chi connectivity index (χ1v) is 12.8. The van der Waals surface area contributed by atoms with E-state index < -0.39 is 0 Å². The molecule has 0 spiro atoms. The maximum atomic E-state index is 11.5. The number of nitro groups is 1. The van der Waals surface area contributed by atoms with Gasteiger partial charge >= 0.3 is 0 Å². The van der Waals surface area contributed by atoms with Crippen molar-refractivity contribution in [3.05, 3.63) is 97.5 Å². The van der Waals surface area contributed by atoms with Crippen LogP contribution in [0.25, 0.3) is 0 Å². The second-order valence-corrected chi connectivity index (χ2v) is 11.2. The van der Waals surface area contributed by atoms with Crippen LogP contribution in [0, 0.1) is 16.0 Å². The number of alkyl halides is 1. The molecule has 2 aliphatic rings. The third-order valence-corrected chi connectivity index (χ3v) is 9.32. The summed E-state index contributed by atoms with van der Waals surface area (Å²) in [5.41, 5.74) is 3.36. The van der Waals surface area contributed by atoms with Crippen molar-refractivity contribution < 1.29 is 4.92 Å². The molecule has 0 saturated heterocycles. The van der Waals surface area contributed by atoms with Crippen molar-refractivity contribution in [1.82, 2.24) is 0 Å². The Hall–Kier alpha value is -1.73. The van der Waals surface area contributed by atoms with Crippen LogP contribution in [0.5, 0.6) is 0 Å². The highest BCUT2D eigenvalue weighted by atomic mass is 79.9. The summed E-state index contributed by atoms with van der Waals surface area (Å²) in [6.45, 7) is 0. The quantitative estimate of drug-likeness (QED) is 0.203. The molecule has 0 bridgehead atoms. The van der Waals surface area contributed by atoms with Gasteiger partial charge in [0.2, 0.25) is 0 Å². The minimum Gasteiger partial charge on any atom is -0.376 e. The van der Waals surface area contributed by atoms with E-state index in [0.29, 0.717) is 9.92 Å². The fourth-order valence-electron chi connectivity index (χ4n) is 4.98. The Balaban J connectivity index is 1.54. The van der Waals surface area contributed by atoms with Gasteiger partial charge in [-0.05, 0) is 47.7 Å². The number of halogens is 3. The van der Waals surface area contributed by atoms with E-state index in [1.165, 1.54) is 17.3 Å². The van der Waals surface area contributed by atoms with Crippen molar-refractivity contribution in [3.63, 3.8) is 0 Å². The van der Waals surface area contributed by atoms with E-state index in [1.807, 2.05) is 36.4 Å². The molecule has 5 atom stereocenters. The van der Waals surface area contributed by atoms with Crippen LogP contribution in [0.1, 0.15) is 29.5 Å². The molecule has 0 aromatic heterocycles. The molecule has 8 heteroatoms. The fourth-order valence-corrected chi connectivity index (χ4v) is 7.42. The first-order chi connectivity index (χ1) is 15.4. The highest BCUT2D eigenvalue weighted by Crippen LogP contribution is 2.58. The van der Waals surface area contributed by atoms with Crippen LogP contribution in [0.3, 0.4) is 0 Å². The van der Waals surface area contributed by atoms with Gasteiger partial charge in [0.15, 0.2) is 0 Å². The Bertz CT molecular complexity index is 1180. The summed E-state index contributed by atoms with van der Waals surface area (Å²) in [6, 6.07) is 21.2. The molecule has 1 heterocycles. The standard InChI is InChI=1S/C24H19BrCl2N2O2S/c25-14-10-8-13(9-11-14)23-16-12-20(32-19-7-2-1-6-18(19)29(30)31)22(27)21(16)15-4-3-5-17(26)24(15)28-23/h1-11,16,20-23,28H,12H2/t16-,20+,21+,22+,23-/m0/s1. The number of para-hydroxylation sites is 2. The van der Waals surface area contributed by atoms with Crippen LogP contribution in [0.2, 0.25) is 5.02 Å². The van der Waals surface area contributed by atoms with Gasteiger partial charge in [0.1, 0.15) is 0 Å². The van der Waals surface area contributed by atoms with Crippen LogP contribution in [0.4, 0.5) is 11.4 Å². The number of rotatable bonds is 4. The summed E-state index contributed by atoms with van der Waals surface area (Å²) >= 11 is 18.7. The zero-order chi connectivity index (χ0) is 22.4. The Morgan fingerprint density at radius 2 is 1.81 bits per heavy atom. The highest BCUT2D eigenvalue weighted by Gasteiger charge is 2.50. The van der Waals surface area contributed by atoms with E-state index in [4.69, 9.17) is 23.2 Å². The molecular weight excluding hydrogens is 531 g/mol. The van der Waals surface area contributed by atoms with Crippen molar-refractivity contribution in [2.75, 3.05) is 5.32 Å². The second kappa shape index (κ2) is 8.90. The lowest BCUT2D eigenvalue weighted by atomic mass is 9.77. The molecule has 164 valence electrons. The molecule has 1 saturated carbocycles. The molecule has 1 fully saturated rings. The van der Waals surface area contributed by atoms with Crippen molar-refractivity contribution >= 4 is 62.3 Å². The van der Waals surface area contributed by atoms with Crippen molar-refractivity contribution in [2.45, 2.75) is 33.9 Å². The Kier molecular flexibility index (Phi) is 6.14. The fraction of sp³-hybridized carbons (Fsp3) is 0.250. The van der Waals surface area contributed by atoms with E-state index in [2.05, 4.69) is 39.4 Å². The normalized spacial score (nSPS) is 26.2. The lowest BCUT2D eigenvalue weighted by molar-refractivity contribution is -0.387. The second-order valence-electron chi connectivity index (χ2n) is 8.13. The molecule has 4 nitrogen and oxygen atoms in total. The number of anilines is 1. The summed E-state index contributed by atoms with van der Waals surface area (Å²) < 4.78 is 1.03. The smallest absolute Gasteiger partial charge is 0.282 e. The van der Waals surface area contributed by atoms with E-state index in [0.717, 1.165) is 22.1 Å². The van der Waals surface area contributed by atoms with Crippen molar-refractivity contribution in [3.8, 4) is 0 Å². The molecule has 1 N–H and O–H groups in total. The Labute approximate surface area is 209 Å². The molecule has 0 unspecified atom stereocenters. The largest absolute Gasteiger partial charge is 0.376 e. The van der Waals surface area contributed by atoms with Gasteiger partial charge in [-0.25, -0.2) is 0 Å². The van der Waals surface area contributed by atoms with Gasteiger partial charge < -0.3 is 5.32 Å². The Morgan fingerprint density at radius 3 is 2.56 bits per heavy atom. The molecule has 3 aromatic rings. The predicted molar refractivity (Wildman–Crippen MR) is 135 cm³/mol. The van der Waals surface area contributed by atoms with Crippen LogP contribution in [-0.4, -0.2) is 15.6 Å². The zero-order valence-electron chi connectivity index (χ0n) is 16.8. The van der Waals surface area contributed by atoms with E-state index in [9.17, 15) is 10.1 Å². The van der Waals surface area contributed by atoms with Crippen LogP contribution in [0.15, 0.2) is 76.1 Å². The molecule has 1 aliphatic carbocycles.